The van der Waals surface area contributed by atoms with Gasteiger partial charge in [-0.15, -0.1) is 0 Å². The summed E-state index contributed by atoms with van der Waals surface area (Å²) in [7, 11) is 0. The number of piperazine rings is 1. The highest BCUT2D eigenvalue weighted by atomic mass is 16.3. The SMILES string of the molecule is CC(C)(C)NC(=O)NC(=O)c1cc2cc(N3CCN(CCCCc4c[nH]c5ccc(C#N)cc45)CC3)ccc2o1. The first-order valence-corrected chi connectivity index (χ1v) is 13.8. The number of benzene rings is 2. The Morgan fingerprint density at radius 1 is 1.05 bits per heavy atom. The number of H-pyrrole nitrogens is 1. The molecule has 0 atom stereocenters. The van der Waals surface area contributed by atoms with Crippen LogP contribution >= 0.6 is 0 Å². The van der Waals surface area contributed by atoms with E-state index in [9.17, 15) is 14.9 Å². The fraction of sp³-hybridized carbons (Fsp3) is 0.387. The average Bonchev–Trinajstić information content (AvgIpc) is 3.53. The van der Waals surface area contributed by atoms with Crippen molar-refractivity contribution in [2.75, 3.05) is 37.6 Å². The van der Waals surface area contributed by atoms with E-state index in [4.69, 9.17) is 4.42 Å². The number of rotatable bonds is 7. The molecule has 2 aromatic carbocycles. The number of fused-ring (bicyclic) bond motifs is 2. The first-order chi connectivity index (χ1) is 19.2. The van der Waals surface area contributed by atoms with Gasteiger partial charge in [0.15, 0.2) is 5.76 Å². The lowest BCUT2D eigenvalue weighted by Gasteiger charge is -2.36. The van der Waals surface area contributed by atoms with Crippen LogP contribution in [0.1, 0.15) is 55.3 Å². The second-order valence-corrected chi connectivity index (χ2v) is 11.5. The Balaban J connectivity index is 1.09. The highest BCUT2D eigenvalue weighted by Crippen LogP contribution is 2.26. The van der Waals surface area contributed by atoms with E-state index in [2.05, 4.69) is 37.7 Å². The molecule has 1 aliphatic heterocycles. The number of nitriles is 1. The maximum absolute atomic E-state index is 12.5. The van der Waals surface area contributed by atoms with Crippen LogP contribution in [0.3, 0.4) is 0 Å². The maximum atomic E-state index is 12.5. The molecule has 3 N–H and O–H groups in total. The van der Waals surface area contributed by atoms with Gasteiger partial charge in [-0.3, -0.25) is 15.0 Å². The Bertz CT molecular complexity index is 1560. The van der Waals surface area contributed by atoms with Crippen molar-refractivity contribution in [2.24, 2.45) is 0 Å². The molecule has 0 saturated carbocycles. The van der Waals surface area contributed by atoms with Gasteiger partial charge in [-0.1, -0.05) is 0 Å². The number of nitrogens with zero attached hydrogens (tertiary/aromatic N) is 3. The van der Waals surface area contributed by atoms with Crippen molar-refractivity contribution >= 4 is 39.5 Å². The number of aromatic amines is 1. The third kappa shape index (κ3) is 6.46. The topological polar surface area (TPSA) is 117 Å². The Kier molecular flexibility index (Phi) is 7.81. The minimum absolute atomic E-state index is 0.110. The van der Waals surface area contributed by atoms with Crippen molar-refractivity contribution < 1.29 is 14.0 Å². The Labute approximate surface area is 234 Å². The third-order valence-electron chi connectivity index (χ3n) is 7.24. The molecule has 3 amide bonds. The van der Waals surface area contributed by atoms with Crippen molar-refractivity contribution in [2.45, 2.75) is 45.6 Å². The number of hydrogen-bond donors (Lipinski definition) is 3. The first-order valence-electron chi connectivity index (χ1n) is 13.8. The maximum Gasteiger partial charge on any atom is 0.322 e. The van der Waals surface area contributed by atoms with Crippen LogP contribution in [0.2, 0.25) is 0 Å². The fourth-order valence-electron chi connectivity index (χ4n) is 5.21. The molecule has 9 nitrogen and oxygen atoms in total. The molecule has 0 radical (unpaired) electrons. The van der Waals surface area contributed by atoms with Crippen molar-refractivity contribution in [1.29, 1.82) is 5.26 Å². The number of hydrogen-bond acceptors (Lipinski definition) is 6. The molecule has 3 heterocycles. The molecule has 1 fully saturated rings. The molecule has 40 heavy (non-hydrogen) atoms. The summed E-state index contributed by atoms with van der Waals surface area (Å²) in [6.45, 7) is 10.5. The van der Waals surface area contributed by atoms with E-state index in [0.29, 0.717) is 11.1 Å². The normalized spacial score (nSPS) is 14.4. The number of amides is 3. The number of urea groups is 1. The largest absolute Gasteiger partial charge is 0.451 e. The van der Waals surface area contributed by atoms with Gasteiger partial charge in [-0.25, -0.2) is 4.79 Å². The van der Waals surface area contributed by atoms with E-state index < -0.39 is 17.5 Å². The smallest absolute Gasteiger partial charge is 0.322 e. The number of carbonyl (C=O) groups excluding carboxylic acids is 2. The summed E-state index contributed by atoms with van der Waals surface area (Å²) in [6.07, 6.45) is 5.31. The van der Waals surface area contributed by atoms with Crippen LogP contribution < -0.4 is 15.5 Å². The molecular formula is C31H36N6O3. The minimum atomic E-state index is -0.565. The van der Waals surface area contributed by atoms with E-state index in [1.807, 2.05) is 57.2 Å². The summed E-state index contributed by atoms with van der Waals surface area (Å²) in [5, 5.41) is 16.2. The van der Waals surface area contributed by atoms with Crippen LogP contribution in [0.5, 0.6) is 0 Å². The van der Waals surface area contributed by atoms with Crippen LogP contribution in [0.4, 0.5) is 10.5 Å². The Morgan fingerprint density at radius 2 is 1.85 bits per heavy atom. The van der Waals surface area contributed by atoms with E-state index >= 15 is 0 Å². The van der Waals surface area contributed by atoms with E-state index in [-0.39, 0.29) is 5.76 Å². The number of anilines is 1. The van der Waals surface area contributed by atoms with Gasteiger partial charge in [0.05, 0.1) is 11.6 Å². The van der Waals surface area contributed by atoms with Crippen molar-refractivity contribution in [3.05, 3.63) is 65.5 Å². The molecule has 0 unspecified atom stereocenters. The lowest BCUT2D eigenvalue weighted by Crippen LogP contribution is -2.48. The van der Waals surface area contributed by atoms with E-state index in [0.717, 1.165) is 74.0 Å². The summed E-state index contributed by atoms with van der Waals surface area (Å²) in [4.78, 5) is 32.7. The predicted octanol–water partition coefficient (Wildman–Crippen LogP) is 5.17. The standard InChI is InChI=1S/C31H36N6O3/c1-31(2,3)35-30(39)34-29(38)28-18-23-17-24(8-10-27(23)40-28)37-14-12-36(13-15-37)11-5-4-6-22-20-33-26-9-7-21(19-32)16-25(22)26/h7-10,16-18,20,33H,4-6,11-15H2,1-3H3,(H2,34,35,38,39). The second-order valence-electron chi connectivity index (χ2n) is 11.5. The number of carbonyl (C=O) groups is 2. The molecule has 0 aliphatic carbocycles. The summed E-state index contributed by atoms with van der Waals surface area (Å²) in [5.74, 6) is -0.455. The average molecular weight is 541 g/mol. The zero-order valence-corrected chi connectivity index (χ0v) is 23.3. The molecule has 0 bridgehead atoms. The number of imide groups is 1. The lowest BCUT2D eigenvalue weighted by molar-refractivity contribution is 0.0937. The zero-order chi connectivity index (χ0) is 28.3. The summed E-state index contributed by atoms with van der Waals surface area (Å²) < 4.78 is 5.70. The fourth-order valence-corrected chi connectivity index (χ4v) is 5.21. The van der Waals surface area contributed by atoms with Gasteiger partial charge in [0.25, 0.3) is 5.91 Å². The molecule has 2 aromatic heterocycles. The van der Waals surface area contributed by atoms with Gasteiger partial charge < -0.3 is 19.6 Å². The number of aryl methyl sites for hydroxylation is 1. The number of nitrogens with one attached hydrogen (secondary N) is 3. The quantitative estimate of drug-likeness (QED) is 0.279. The molecule has 5 rings (SSSR count). The van der Waals surface area contributed by atoms with Crippen molar-refractivity contribution in [3.8, 4) is 6.07 Å². The molecule has 0 spiro atoms. The van der Waals surface area contributed by atoms with Gasteiger partial charge in [-0.05, 0) is 94.6 Å². The van der Waals surface area contributed by atoms with Crippen LogP contribution in [0.15, 0.2) is 53.1 Å². The van der Waals surface area contributed by atoms with Gasteiger partial charge in [0.2, 0.25) is 0 Å². The van der Waals surface area contributed by atoms with Gasteiger partial charge in [0, 0.05) is 59.9 Å². The van der Waals surface area contributed by atoms with Crippen LogP contribution in [-0.4, -0.2) is 60.1 Å². The lowest BCUT2D eigenvalue weighted by atomic mass is 10.1. The first kappa shape index (κ1) is 27.3. The van der Waals surface area contributed by atoms with Crippen molar-refractivity contribution in [1.82, 2.24) is 20.5 Å². The number of furan rings is 1. The number of unbranched alkanes of at least 4 members (excludes halogenated alkanes) is 1. The second kappa shape index (κ2) is 11.4. The molecule has 1 aliphatic rings. The van der Waals surface area contributed by atoms with Gasteiger partial charge >= 0.3 is 6.03 Å². The van der Waals surface area contributed by atoms with Gasteiger partial charge in [-0.2, -0.15) is 5.26 Å². The highest BCUT2D eigenvalue weighted by Gasteiger charge is 2.21. The highest BCUT2D eigenvalue weighted by molar-refractivity contribution is 6.04. The van der Waals surface area contributed by atoms with Crippen LogP contribution in [0, 0.1) is 11.3 Å². The monoisotopic (exact) mass is 540 g/mol. The van der Waals surface area contributed by atoms with E-state index in [1.54, 1.807) is 6.07 Å². The zero-order valence-electron chi connectivity index (χ0n) is 23.3. The summed E-state index contributed by atoms with van der Waals surface area (Å²) in [6, 6.07) is 15.1. The molecule has 4 aromatic rings. The molecule has 208 valence electrons. The third-order valence-corrected chi connectivity index (χ3v) is 7.24. The molecule has 1 saturated heterocycles. The minimum Gasteiger partial charge on any atom is -0.451 e. The summed E-state index contributed by atoms with van der Waals surface area (Å²) >= 11 is 0. The van der Waals surface area contributed by atoms with Crippen LogP contribution in [0.25, 0.3) is 21.9 Å². The number of aromatic nitrogens is 1. The van der Waals surface area contributed by atoms with E-state index in [1.165, 1.54) is 5.56 Å². The van der Waals surface area contributed by atoms with Crippen molar-refractivity contribution in [3.63, 3.8) is 0 Å². The summed E-state index contributed by atoms with van der Waals surface area (Å²) in [5.41, 5.74) is 4.33. The Hall–Kier alpha value is -4.29. The van der Waals surface area contributed by atoms with Crippen LogP contribution in [-0.2, 0) is 6.42 Å². The molecular weight excluding hydrogens is 504 g/mol. The predicted molar refractivity (Wildman–Crippen MR) is 157 cm³/mol. The Morgan fingerprint density at radius 3 is 2.60 bits per heavy atom. The molecule has 9 heteroatoms. The van der Waals surface area contributed by atoms with Gasteiger partial charge in [0.1, 0.15) is 5.58 Å².